The van der Waals surface area contributed by atoms with Gasteiger partial charge in [-0.1, -0.05) is 25.1 Å². The summed E-state index contributed by atoms with van der Waals surface area (Å²) in [4.78, 5) is 54.7. The van der Waals surface area contributed by atoms with Gasteiger partial charge in [-0.05, 0) is 104 Å². The number of phenols is 1. The Bertz CT molecular complexity index is 1520. The fourth-order valence-corrected chi connectivity index (χ4v) is 7.91. The Morgan fingerprint density at radius 1 is 1.04 bits per heavy atom. The van der Waals surface area contributed by atoms with E-state index in [1.165, 1.54) is 23.3 Å². The van der Waals surface area contributed by atoms with Crippen LogP contribution in [0.5, 0.6) is 11.5 Å². The number of nitrogens with zero attached hydrogens (tertiary/aromatic N) is 1. The zero-order chi connectivity index (χ0) is 33.7. The lowest BCUT2D eigenvalue weighted by atomic mass is 9.55. The Labute approximate surface area is 274 Å². The van der Waals surface area contributed by atoms with Crippen molar-refractivity contribution in [3.63, 3.8) is 0 Å². The van der Waals surface area contributed by atoms with Gasteiger partial charge in [0.25, 0.3) is 5.91 Å². The third-order valence-electron chi connectivity index (χ3n) is 10.4. The SMILES string of the molecule is C[C@]12CC[C@@H]3c4ccc(OCC(=O)N[C@@H](Cc5ccc(O)cc5)C(=O)N[C@@H](CCCN=C(N)N)C(=O)O)cc4CC[C@H]3[C@@H]1CCC2=O. The number of hydrogen-bond donors (Lipinski definition) is 6. The van der Waals surface area contributed by atoms with Gasteiger partial charge in [0.1, 0.15) is 29.4 Å². The number of guanidine groups is 1. The van der Waals surface area contributed by atoms with Crippen molar-refractivity contribution >= 4 is 29.5 Å². The predicted octanol–water partition coefficient (Wildman–Crippen LogP) is 2.55. The first-order valence-electron chi connectivity index (χ1n) is 16.4. The zero-order valence-corrected chi connectivity index (χ0v) is 26.7. The summed E-state index contributed by atoms with van der Waals surface area (Å²) in [6.07, 6.45) is 6.02. The number of nitrogens with two attached hydrogens (primary N) is 2. The molecule has 12 nitrogen and oxygen atoms in total. The fourth-order valence-electron chi connectivity index (χ4n) is 7.91. The molecule has 3 aliphatic rings. The molecule has 0 radical (unpaired) electrons. The number of carboxylic acids is 1. The summed E-state index contributed by atoms with van der Waals surface area (Å²) in [5, 5.41) is 24.6. The standard InChI is InChI=1S/C35H45N5O7/c1-35-15-14-25-24-11-9-23(18-21(24)6-10-26(25)27(35)12-13-30(35)42)47-19-31(43)39-29(17-20-4-7-22(41)8-5-20)32(44)40-28(33(45)46)3-2-16-38-34(36)37/h4-5,7-9,11,18,25-29,41H,2-3,6,10,12-17,19H2,1H3,(H,39,43)(H,40,44)(H,45,46)(H4,36,37,38)/t25-,26-,27+,28+,29+,35+/m1/s1. The highest BCUT2D eigenvalue weighted by atomic mass is 16.5. The molecule has 0 aromatic heterocycles. The number of carbonyl (C=O) groups excluding carboxylic acids is 3. The van der Waals surface area contributed by atoms with Crippen molar-refractivity contribution < 1.29 is 34.1 Å². The molecule has 2 aromatic carbocycles. The minimum absolute atomic E-state index is 0.0510. The Hall–Kier alpha value is -4.61. The van der Waals surface area contributed by atoms with Crippen molar-refractivity contribution in [3.05, 3.63) is 59.2 Å². The molecule has 2 saturated carbocycles. The highest BCUT2D eigenvalue weighted by Gasteiger charge is 2.54. The first-order valence-corrected chi connectivity index (χ1v) is 16.4. The van der Waals surface area contributed by atoms with Gasteiger partial charge in [-0.3, -0.25) is 19.4 Å². The van der Waals surface area contributed by atoms with Gasteiger partial charge in [0.2, 0.25) is 5.91 Å². The first kappa shape index (κ1) is 33.7. The van der Waals surface area contributed by atoms with E-state index >= 15 is 0 Å². The number of ketones is 1. The second kappa shape index (κ2) is 14.4. The number of amides is 2. The van der Waals surface area contributed by atoms with Crippen LogP contribution in [-0.4, -0.2) is 65.0 Å². The molecule has 0 unspecified atom stereocenters. The van der Waals surface area contributed by atoms with E-state index in [2.05, 4.69) is 28.6 Å². The lowest BCUT2D eigenvalue weighted by molar-refractivity contribution is -0.142. The number of carboxylic acid groups (broad SMARTS) is 1. The van der Waals surface area contributed by atoms with Crippen molar-refractivity contribution in [2.24, 2.45) is 33.7 Å². The van der Waals surface area contributed by atoms with Crippen LogP contribution in [0.15, 0.2) is 47.5 Å². The number of carbonyl (C=O) groups is 4. The first-order chi connectivity index (χ1) is 22.4. The van der Waals surface area contributed by atoms with Gasteiger partial charge >= 0.3 is 5.97 Å². The summed E-state index contributed by atoms with van der Waals surface area (Å²) in [7, 11) is 0. The minimum atomic E-state index is -1.22. The van der Waals surface area contributed by atoms with Crippen LogP contribution in [-0.2, 0) is 32.0 Å². The maximum atomic E-state index is 13.3. The van der Waals surface area contributed by atoms with E-state index in [-0.39, 0.29) is 43.1 Å². The third kappa shape index (κ3) is 7.86. The van der Waals surface area contributed by atoms with E-state index in [0.29, 0.717) is 47.7 Å². The van der Waals surface area contributed by atoms with Crippen LogP contribution in [0.2, 0.25) is 0 Å². The highest BCUT2D eigenvalue weighted by Crippen LogP contribution is 2.59. The minimum Gasteiger partial charge on any atom is -0.508 e. The summed E-state index contributed by atoms with van der Waals surface area (Å²) >= 11 is 0. The molecule has 0 bridgehead atoms. The van der Waals surface area contributed by atoms with Crippen LogP contribution in [0, 0.1) is 17.3 Å². The average Bonchev–Trinajstić information content (AvgIpc) is 3.35. The van der Waals surface area contributed by atoms with Gasteiger partial charge in [-0.15, -0.1) is 0 Å². The molecule has 0 heterocycles. The number of ether oxygens (including phenoxy) is 1. The third-order valence-corrected chi connectivity index (χ3v) is 10.4. The number of aliphatic imine (C=N–C) groups is 1. The number of rotatable bonds is 13. The number of fused-ring (bicyclic) bond motifs is 5. The molecule has 252 valence electrons. The van der Waals surface area contributed by atoms with Crippen molar-refractivity contribution in [2.45, 2.75) is 82.7 Å². The topological polar surface area (TPSA) is 206 Å². The van der Waals surface area contributed by atoms with Crippen molar-refractivity contribution in [2.75, 3.05) is 13.2 Å². The van der Waals surface area contributed by atoms with Crippen molar-refractivity contribution in [3.8, 4) is 11.5 Å². The van der Waals surface area contributed by atoms with Gasteiger partial charge in [0, 0.05) is 24.8 Å². The Kier molecular flexibility index (Phi) is 10.4. The molecule has 3 aliphatic carbocycles. The van der Waals surface area contributed by atoms with Crippen LogP contribution in [0.4, 0.5) is 0 Å². The monoisotopic (exact) mass is 647 g/mol. The van der Waals surface area contributed by atoms with E-state index in [4.69, 9.17) is 16.2 Å². The lowest BCUT2D eigenvalue weighted by Crippen LogP contribution is -2.53. The molecule has 0 aliphatic heterocycles. The van der Waals surface area contributed by atoms with Crippen LogP contribution in [0.1, 0.15) is 74.5 Å². The molecule has 6 atom stereocenters. The highest BCUT2D eigenvalue weighted by molar-refractivity contribution is 5.91. The average molecular weight is 648 g/mol. The summed E-state index contributed by atoms with van der Waals surface area (Å²) in [6.45, 7) is 2.03. The van der Waals surface area contributed by atoms with Gasteiger partial charge in [0.15, 0.2) is 12.6 Å². The van der Waals surface area contributed by atoms with E-state index in [1.54, 1.807) is 12.1 Å². The lowest BCUT2D eigenvalue weighted by Gasteiger charge is -2.48. The van der Waals surface area contributed by atoms with Gasteiger partial charge < -0.3 is 37.1 Å². The van der Waals surface area contributed by atoms with Crippen LogP contribution in [0.25, 0.3) is 0 Å². The van der Waals surface area contributed by atoms with Crippen molar-refractivity contribution in [1.29, 1.82) is 0 Å². The number of nitrogens with one attached hydrogen (secondary N) is 2. The molecule has 47 heavy (non-hydrogen) atoms. The zero-order valence-electron chi connectivity index (χ0n) is 26.7. The molecule has 12 heteroatoms. The molecule has 0 spiro atoms. The number of benzene rings is 2. The van der Waals surface area contributed by atoms with Gasteiger partial charge in [-0.2, -0.15) is 0 Å². The number of aliphatic carboxylic acids is 1. The molecular weight excluding hydrogens is 602 g/mol. The smallest absolute Gasteiger partial charge is 0.326 e. The van der Waals surface area contributed by atoms with E-state index in [0.717, 1.165) is 32.1 Å². The van der Waals surface area contributed by atoms with E-state index < -0.39 is 29.9 Å². The number of aryl methyl sites for hydroxylation is 1. The number of phenolic OH excluding ortho intramolecular Hbond substituents is 1. The van der Waals surface area contributed by atoms with Crippen LogP contribution in [0.3, 0.4) is 0 Å². The Morgan fingerprint density at radius 2 is 1.81 bits per heavy atom. The molecule has 2 fully saturated rings. The molecule has 8 N–H and O–H groups in total. The molecule has 5 rings (SSSR count). The van der Waals surface area contributed by atoms with E-state index in [1.807, 2.05) is 12.1 Å². The normalized spacial score (nSPS) is 24.1. The van der Waals surface area contributed by atoms with Gasteiger partial charge in [0.05, 0.1) is 0 Å². The van der Waals surface area contributed by atoms with Crippen molar-refractivity contribution in [1.82, 2.24) is 10.6 Å². The summed E-state index contributed by atoms with van der Waals surface area (Å²) in [5.74, 6) is -0.115. The molecule has 2 amide bonds. The second-order valence-electron chi connectivity index (χ2n) is 13.3. The second-order valence-corrected chi connectivity index (χ2v) is 13.3. The van der Waals surface area contributed by atoms with Gasteiger partial charge in [-0.25, -0.2) is 4.79 Å². The number of aromatic hydroxyl groups is 1. The molecule has 2 aromatic rings. The maximum Gasteiger partial charge on any atom is 0.326 e. The number of Topliss-reactive ketones (excluding diaryl/α,β-unsaturated/α-hetero) is 1. The summed E-state index contributed by atoms with van der Waals surface area (Å²) in [5.41, 5.74) is 13.7. The predicted molar refractivity (Wildman–Crippen MR) is 175 cm³/mol. The molecular formula is C35H45N5O7. The quantitative estimate of drug-likeness (QED) is 0.107. The Balaban J connectivity index is 1.21. The van der Waals surface area contributed by atoms with Crippen LogP contribution < -0.4 is 26.8 Å². The fraction of sp³-hybridized carbons (Fsp3) is 0.514. The van der Waals surface area contributed by atoms with E-state index in [9.17, 15) is 29.4 Å². The Morgan fingerprint density at radius 3 is 2.53 bits per heavy atom. The summed E-state index contributed by atoms with van der Waals surface area (Å²) in [6, 6.07) is 9.83. The summed E-state index contributed by atoms with van der Waals surface area (Å²) < 4.78 is 5.87. The molecule has 0 saturated heterocycles. The van der Waals surface area contributed by atoms with Crippen LogP contribution >= 0.6 is 0 Å². The maximum absolute atomic E-state index is 13.3. The number of hydrogen-bond acceptors (Lipinski definition) is 7. The largest absolute Gasteiger partial charge is 0.508 e.